The number of anilines is 1. The van der Waals surface area contributed by atoms with Crippen molar-refractivity contribution in [3.63, 3.8) is 0 Å². The molecule has 0 spiro atoms. The van der Waals surface area contributed by atoms with Gasteiger partial charge in [0.1, 0.15) is 11.5 Å². The molecule has 2 aromatic rings. The number of hydrogen-bond donors (Lipinski definition) is 1. The van der Waals surface area contributed by atoms with Crippen molar-refractivity contribution < 1.29 is 0 Å². The van der Waals surface area contributed by atoms with Gasteiger partial charge in [-0.05, 0) is 12.1 Å². The summed E-state index contributed by atoms with van der Waals surface area (Å²) in [6, 6.07) is 6.67. The van der Waals surface area contributed by atoms with E-state index in [1.807, 2.05) is 6.07 Å². The van der Waals surface area contributed by atoms with Crippen LogP contribution in [0, 0.1) is 0 Å². The molecule has 60 valence electrons. The van der Waals surface area contributed by atoms with Crippen LogP contribution >= 0.6 is 0 Å². The van der Waals surface area contributed by atoms with Crippen LogP contribution in [0.3, 0.4) is 0 Å². The Morgan fingerprint density at radius 2 is 2.25 bits per heavy atom. The molecule has 2 N–H and O–H groups in total. The molecule has 0 aliphatic carbocycles. The van der Waals surface area contributed by atoms with Crippen LogP contribution in [0.5, 0.6) is 0 Å². The second kappa shape index (κ2) is 2.34. The lowest BCUT2D eigenvalue weighted by molar-refractivity contribution is 1.09. The van der Waals surface area contributed by atoms with Crippen molar-refractivity contribution in [3.05, 3.63) is 40.8 Å². The van der Waals surface area contributed by atoms with Gasteiger partial charge in [-0.1, -0.05) is 6.07 Å². The van der Waals surface area contributed by atoms with Crippen LogP contribution in [0.2, 0.25) is 0 Å². The Labute approximate surface area is 68.3 Å². The molecule has 0 radical (unpaired) electrons. The average molecular weight is 161 g/mol. The highest BCUT2D eigenvalue weighted by Crippen LogP contribution is 2.01. The second-order valence-corrected chi connectivity index (χ2v) is 2.45. The molecule has 4 nitrogen and oxygen atoms in total. The van der Waals surface area contributed by atoms with Gasteiger partial charge in [0.2, 0.25) is 0 Å². The fraction of sp³-hybridized carbons (Fsp3) is 0. The highest BCUT2D eigenvalue weighted by molar-refractivity contribution is 5.45. The van der Waals surface area contributed by atoms with E-state index in [1.54, 1.807) is 22.7 Å². The SMILES string of the molecule is Nc1cc(=O)nc2ccccn12. The Hall–Kier alpha value is -1.84. The summed E-state index contributed by atoms with van der Waals surface area (Å²) in [7, 11) is 0. The Bertz CT molecular complexity index is 475. The molecule has 0 aliphatic rings. The molecular formula is C8H7N3O. The maximum absolute atomic E-state index is 10.9. The molecule has 0 saturated heterocycles. The maximum atomic E-state index is 10.9. The van der Waals surface area contributed by atoms with Gasteiger partial charge in [0.15, 0.2) is 0 Å². The van der Waals surface area contributed by atoms with E-state index in [4.69, 9.17) is 5.73 Å². The summed E-state index contributed by atoms with van der Waals surface area (Å²) in [5.41, 5.74) is 5.85. The summed E-state index contributed by atoms with van der Waals surface area (Å²) in [4.78, 5) is 14.7. The number of nitrogen functional groups attached to an aromatic ring is 1. The van der Waals surface area contributed by atoms with Gasteiger partial charge in [-0.15, -0.1) is 0 Å². The van der Waals surface area contributed by atoms with Gasteiger partial charge < -0.3 is 5.73 Å². The molecule has 0 bridgehead atoms. The molecule has 2 heterocycles. The maximum Gasteiger partial charge on any atom is 0.275 e. The standard InChI is InChI=1S/C8H7N3O/c9-6-5-8(12)10-7-3-1-2-4-11(6)7/h1-5H,9H2. The van der Waals surface area contributed by atoms with Crippen molar-refractivity contribution in [1.82, 2.24) is 9.38 Å². The number of hydrogen-bond acceptors (Lipinski definition) is 3. The molecule has 0 saturated carbocycles. The lowest BCUT2D eigenvalue weighted by Gasteiger charge is -2.01. The van der Waals surface area contributed by atoms with Crippen molar-refractivity contribution >= 4 is 11.5 Å². The van der Waals surface area contributed by atoms with E-state index in [1.165, 1.54) is 6.07 Å². The molecule has 2 rings (SSSR count). The Balaban J connectivity index is 2.99. The van der Waals surface area contributed by atoms with Crippen molar-refractivity contribution in [2.75, 3.05) is 5.73 Å². The third-order valence-corrected chi connectivity index (χ3v) is 1.61. The number of rotatable bonds is 0. The van der Waals surface area contributed by atoms with E-state index in [0.717, 1.165) is 0 Å². The second-order valence-electron chi connectivity index (χ2n) is 2.45. The van der Waals surface area contributed by atoms with E-state index in [9.17, 15) is 4.79 Å². The van der Waals surface area contributed by atoms with Crippen LogP contribution in [0.15, 0.2) is 35.3 Å². The first-order valence-electron chi connectivity index (χ1n) is 3.51. The summed E-state index contributed by atoms with van der Waals surface area (Å²) in [5.74, 6) is 0.408. The molecule has 12 heavy (non-hydrogen) atoms. The van der Waals surface area contributed by atoms with E-state index in [2.05, 4.69) is 4.98 Å². The van der Waals surface area contributed by atoms with E-state index < -0.39 is 0 Å². The predicted octanol–water partition coefficient (Wildman–Crippen LogP) is 0.277. The van der Waals surface area contributed by atoms with Gasteiger partial charge in [0.05, 0.1) is 0 Å². The number of nitrogens with zero attached hydrogens (tertiary/aromatic N) is 2. The third-order valence-electron chi connectivity index (χ3n) is 1.61. The van der Waals surface area contributed by atoms with Gasteiger partial charge >= 0.3 is 0 Å². The fourth-order valence-corrected chi connectivity index (χ4v) is 1.08. The third kappa shape index (κ3) is 0.934. The number of aromatic nitrogens is 2. The summed E-state index contributed by atoms with van der Waals surface area (Å²) >= 11 is 0. The van der Waals surface area contributed by atoms with Gasteiger partial charge in [0, 0.05) is 12.3 Å². The van der Waals surface area contributed by atoms with Crippen molar-refractivity contribution in [2.24, 2.45) is 0 Å². The Morgan fingerprint density at radius 1 is 1.42 bits per heavy atom. The fourth-order valence-electron chi connectivity index (χ4n) is 1.08. The number of pyridine rings is 1. The first kappa shape index (κ1) is 6.84. The van der Waals surface area contributed by atoms with Gasteiger partial charge in [-0.2, -0.15) is 4.98 Å². The van der Waals surface area contributed by atoms with Gasteiger partial charge in [0.25, 0.3) is 5.56 Å². The molecule has 2 aromatic heterocycles. The molecule has 0 aliphatic heterocycles. The molecule has 0 atom stereocenters. The van der Waals surface area contributed by atoms with Gasteiger partial charge in [-0.25, -0.2) is 0 Å². The zero-order chi connectivity index (χ0) is 8.55. The zero-order valence-corrected chi connectivity index (χ0v) is 6.27. The Morgan fingerprint density at radius 3 is 3.08 bits per heavy atom. The van der Waals surface area contributed by atoms with Crippen LogP contribution in [0.25, 0.3) is 5.65 Å². The van der Waals surface area contributed by atoms with Crippen molar-refractivity contribution in [1.29, 1.82) is 0 Å². The first-order valence-corrected chi connectivity index (χ1v) is 3.51. The summed E-state index contributed by atoms with van der Waals surface area (Å²) in [6.07, 6.45) is 1.76. The van der Waals surface area contributed by atoms with Gasteiger partial charge in [-0.3, -0.25) is 9.20 Å². The zero-order valence-electron chi connectivity index (χ0n) is 6.27. The molecule has 4 heteroatoms. The highest BCUT2D eigenvalue weighted by Gasteiger charge is 1.96. The van der Waals surface area contributed by atoms with Crippen LogP contribution in [0.4, 0.5) is 5.82 Å². The van der Waals surface area contributed by atoms with Crippen molar-refractivity contribution in [2.45, 2.75) is 0 Å². The van der Waals surface area contributed by atoms with E-state index >= 15 is 0 Å². The number of nitrogens with two attached hydrogens (primary N) is 1. The Kier molecular flexibility index (Phi) is 1.33. The molecular weight excluding hydrogens is 154 g/mol. The molecule has 0 fully saturated rings. The lowest BCUT2D eigenvalue weighted by atomic mass is 10.4. The quantitative estimate of drug-likeness (QED) is 0.603. The average Bonchev–Trinajstić information content (AvgIpc) is 2.04. The minimum Gasteiger partial charge on any atom is -0.385 e. The monoisotopic (exact) mass is 161 g/mol. The number of fused-ring (bicyclic) bond motifs is 1. The molecule has 0 unspecified atom stereocenters. The topological polar surface area (TPSA) is 60.4 Å². The highest BCUT2D eigenvalue weighted by atomic mass is 16.1. The van der Waals surface area contributed by atoms with Crippen LogP contribution < -0.4 is 11.3 Å². The smallest absolute Gasteiger partial charge is 0.275 e. The van der Waals surface area contributed by atoms with Crippen LogP contribution in [-0.2, 0) is 0 Å². The largest absolute Gasteiger partial charge is 0.385 e. The van der Waals surface area contributed by atoms with E-state index in [-0.39, 0.29) is 5.56 Å². The van der Waals surface area contributed by atoms with Crippen LogP contribution in [-0.4, -0.2) is 9.38 Å². The summed E-state index contributed by atoms with van der Waals surface area (Å²) in [6.45, 7) is 0. The summed E-state index contributed by atoms with van der Waals surface area (Å²) < 4.78 is 1.65. The van der Waals surface area contributed by atoms with E-state index in [0.29, 0.717) is 11.5 Å². The first-order chi connectivity index (χ1) is 5.77. The molecule has 0 amide bonds. The minimum absolute atomic E-state index is 0.307. The lowest BCUT2D eigenvalue weighted by Crippen LogP contribution is -2.11. The molecule has 0 aromatic carbocycles. The van der Waals surface area contributed by atoms with Crippen LogP contribution in [0.1, 0.15) is 0 Å². The van der Waals surface area contributed by atoms with Crippen molar-refractivity contribution in [3.8, 4) is 0 Å². The summed E-state index contributed by atoms with van der Waals surface area (Å²) in [5, 5.41) is 0. The normalized spacial score (nSPS) is 10.3. The minimum atomic E-state index is -0.307. The predicted molar refractivity (Wildman–Crippen MR) is 45.9 cm³/mol.